The van der Waals surface area contributed by atoms with E-state index in [-0.39, 0.29) is 23.4 Å². The molecule has 1 aromatic rings. The van der Waals surface area contributed by atoms with Crippen molar-refractivity contribution in [2.75, 3.05) is 13.1 Å². The standard InChI is InChI=1S/C18H27NO2/c1-17(2)18(3,4)21-16-13-19(11-10-15(16)20-17)12-14-8-6-5-7-9-14/h5-9,15-16H,10-13H2,1-4H3/t15-,16-/m1/s1. The molecule has 0 bridgehead atoms. The number of piperidine rings is 1. The Bertz CT molecular complexity index is 483. The van der Waals surface area contributed by atoms with E-state index in [1.807, 2.05) is 0 Å². The van der Waals surface area contributed by atoms with E-state index in [1.54, 1.807) is 0 Å². The van der Waals surface area contributed by atoms with Gasteiger partial charge in [0.05, 0.1) is 23.4 Å². The minimum absolute atomic E-state index is 0.186. The maximum absolute atomic E-state index is 6.39. The molecule has 3 nitrogen and oxygen atoms in total. The smallest absolute Gasteiger partial charge is 0.0972 e. The second kappa shape index (κ2) is 5.38. The van der Waals surface area contributed by atoms with E-state index in [9.17, 15) is 0 Å². The molecule has 0 N–H and O–H groups in total. The summed E-state index contributed by atoms with van der Waals surface area (Å²) in [5, 5.41) is 0. The van der Waals surface area contributed by atoms with Crippen LogP contribution < -0.4 is 0 Å². The van der Waals surface area contributed by atoms with Crippen molar-refractivity contribution in [3.05, 3.63) is 35.9 Å². The Morgan fingerprint density at radius 3 is 2.29 bits per heavy atom. The van der Waals surface area contributed by atoms with E-state index in [1.165, 1.54) is 5.56 Å². The highest BCUT2D eigenvalue weighted by Gasteiger charge is 2.50. The van der Waals surface area contributed by atoms with Crippen LogP contribution in [0, 0.1) is 0 Å². The summed E-state index contributed by atoms with van der Waals surface area (Å²) in [6.07, 6.45) is 1.47. The predicted molar refractivity (Wildman–Crippen MR) is 84.2 cm³/mol. The minimum Gasteiger partial charge on any atom is -0.367 e. The van der Waals surface area contributed by atoms with E-state index in [0.717, 1.165) is 26.1 Å². The number of likely N-dealkylation sites (tertiary alicyclic amines) is 1. The molecule has 2 fully saturated rings. The highest BCUT2D eigenvalue weighted by Crippen LogP contribution is 2.39. The van der Waals surface area contributed by atoms with Crippen molar-refractivity contribution in [2.24, 2.45) is 0 Å². The SMILES string of the molecule is CC1(C)O[C@@H]2CCN(Cc3ccccc3)C[C@H]2OC1(C)C. The third-order valence-corrected chi connectivity index (χ3v) is 5.17. The highest BCUT2D eigenvalue weighted by atomic mass is 16.6. The monoisotopic (exact) mass is 289 g/mol. The van der Waals surface area contributed by atoms with Crippen molar-refractivity contribution >= 4 is 0 Å². The van der Waals surface area contributed by atoms with Gasteiger partial charge in [-0.1, -0.05) is 30.3 Å². The number of hydrogen-bond donors (Lipinski definition) is 0. The number of hydrogen-bond acceptors (Lipinski definition) is 3. The van der Waals surface area contributed by atoms with Crippen LogP contribution in [0.25, 0.3) is 0 Å². The fourth-order valence-corrected chi connectivity index (χ4v) is 3.23. The van der Waals surface area contributed by atoms with Gasteiger partial charge in [0.2, 0.25) is 0 Å². The molecule has 21 heavy (non-hydrogen) atoms. The van der Waals surface area contributed by atoms with Gasteiger partial charge >= 0.3 is 0 Å². The maximum atomic E-state index is 6.39. The first kappa shape index (κ1) is 15.0. The number of rotatable bonds is 2. The van der Waals surface area contributed by atoms with Gasteiger partial charge in [-0.2, -0.15) is 0 Å². The Balaban J connectivity index is 1.66. The quantitative estimate of drug-likeness (QED) is 0.834. The summed E-state index contributed by atoms with van der Waals surface area (Å²) in [6, 6.07) is 10.7. The Kier molecular flexibility index (Phi) is 3.85. The summed E-state index contributed by atoms with van der Waals surface area (Å²) >= 11 is 0. The van der Waals surface area contributed by atoms with Crippen molar-refractivity contribution in [1.82, 2.24) is 4.90 Å². The number of nitrogens with zero attached hydrogens (tertiary/aromatic N) is 1. The normalized spacial score (nSPS) is 31.6. The Morgan fingerprint density at radius 1 is 1.00 bits per heavy atom. The van der Waals surface area contributed by atoms with Gasteiger partial charge in [-0.15, -0.1) is 0 Å². The summed E-state index contributed by atoms with van der Waals surface area (Å²) in [7, 11) is 0. The molecule has 2 aliphatic heterocycles. The van der Waals surface area contributed by atoms with E-state index >= 15 is 0 Å². The Labute approximate surface area is 128 Å². The van der Waals surface area contributed by atoms with Crippen LogP contribution in [0.5, 0.6) is 0 Å². The summed E-state index contributed by atoms with van der Waals surface area (Å²) in [6.45, 7) is 11.6. The van der Waals surface area contributed by atoms with Crippen LogP contribution in [0.4, 0.5) is 0 Å². The molecular weight excluding hydrogens is 262 g/mol. The average molecular weight is 289 g/mol. The fraction of sp³-hybridized carbons (Fsp3) is 0.667. The van der Waals surface area contributed by atoms with Gasteiger partial charge in [0.15, 0.2) is 0 Å². The Morgan fingerprint density at radius 2 is 1.62 bits per heavy atom. The molecule has 0 aliphatic carbocycles. The highest BCUT2D eigenvalue weighted by molar-refractivity contribution is 5.14. The maximum Gasteiger partial charge on any atom is 0.0972 e. The molecule has 2 atom stereocenters. The van der Waals surface area contributed by atoms with Crippen LogP contribution >= 0.6 is 0 Å². The van der Waals surface area contributed by atoms with E-state index in [4.69, 9.17) is 9.47 Å². The molecule has 0 unspecified atom stereocenters. The lowest BCUT2D eigenvalue weighted by Crippen LogP contribution is -2.64. The van der Waals surface area contributed by atoms with Crippen molar-refractivity contribution in [1.29, 1.82) is 0 Å². The molecule has 1 aromatic carbocycles. The van der Waals surface area contributed by atoms with Crippen LogP contribution in [-0.4, -0.2) is 41.4 Å². The molecule has 2 aliphatic rings. The molecule has 0 aromatic heterocycles. The molecule has 2 saturated heterocycles. The van der Waals surface area contributed by atoms with Crippen molar-refractivity contribution < 1.29 is 9.47 Å². The van der Waals surface area contributed by atoms with E-state index in [2.05, 4.69) is 62.9 Å². The van der Waals surface area contributed by atoms with Crippen molar-refractivity contribution in [2.45, 2.75) is 64.1 Å². The third kappa shape index (κ3) is 3.01. The van der Waals surface area contributed by atoms with Gasteiger partial charge < -0.3 is 9.47 Å². The molecular formula is C18H27NO2. The fourth-order valence-electron chi connectivity index (χ4n) is 3.23. The van der Waals surface area contributed by atoms with Crippen LogP contribution in [-0.2, 0) is 16.0 Å². The lowest BCUT2D eigenvalue weighted by Gasteiger charge is -2.54. The second-order valence-corrected chi connectivity index (χ2v) is 7.34. The first-order valence-electron chi connectivity index (χ1n) is 7.99. The van der Waals surface area contributed by atoms with E-state index < -0.39 is 0 Å². The van der Waals surface area contributed by atoms with Crippen LogP contribution in [0.2, 0.25) is 0 Å². The van der Waals surface area contributed by atoms with Gasteiger partial charge in [0, 0.05) is 19.6 Å². The van der Waals surface area contributed by atoms with Crippen LogP contribution in [0.15, 0.2) is 30.3 Å². The minimum atomic E-state index is -0.246. The predicted octanol–water partition coefficient (Wildman–Crippen LogP) is 3.23. The van der Waals surface area contributed by atoms with Gasteiger partial charge in [-0.3, -0.25) is 4.90 Å². The van der Waals surface area contributed by atoms with Gasteiger partial charge in [-0.25, -0.2) is 0 Å². The van der Waals surface area contributed by atoms with E-state index in [0.29, 0.717) is 0 Å². The zero-order valence-corrected chi connectivity index (χ0v) is 13.6. The molecule has 3 rings (SSSR count). The van der Waals surface area contributed by atoms with Crippen LogP contribution in [0.1, 0.15) is 39.7 Å². The topological polar surface area (TPSA) is 21.7 Å². The molecule has 2 heterocycles. The molecule has 0 spiro atoms. The van der Waals surface area contributed by atoms with Gasteiger partial charge in [-0.05, 0) is 39.7 Å². The molecule has 3 heteroatoms. The first-order chi connectivity index (χ1) is 9.87. The van der Waals surface area contributed by atoms with Crippen molar-refractivity contribution in [3.63, 3.8) is 0 Å². The Hall–Kier alpha value is -0.900. The zero-order chi connectivity index (χ0) is 15.1. The van der Waals surface area contributed by atoms with Gasteiger partial charge in [0.1, 0.15) is 0 Å². The molecule has 0 amide bonds. The number of ether oxygens (including phenoxy) is 2. The molecule has 0 saturated carbocycles. The van der Waals surface area contributed by atoms with Crippen LogP contribution in [0.3, 0.4) is 0 Å². The number of benzene rings is 1. The largest absolute Gasteiger partial charge is 0.367 e. The lowest BCUT2D eigenvalue weighted by atomic mass is 9.85. The second-order valence-electron chi connectivity index (χ2n) is 7.34. The summed E-state index contributed by atoms with van der Waals surface area (Å²) < 4.78 is 12.7. The average Bonchev–Trinajstić information content (AvgIpc) is 2.41. The summed E-state index contributed by atoms with van der Waals surface area (Å²) in [5.74, 6) is 0. The third-order valence-electron chi connectivity index (χ3n) is 5.17. The zero-order valence-electron chi connectivity index (χ0n) is 13.6. The molecule has 0 radical (unpaired) electrons. The number of fused-ring (bicyclic) bond motifs is 1. The van der Waals surface area contributed by atoms with Gasteiger partial charge in [0.25, 0.3) is 0 Å². The first-order valence-corrected chi connectivity index (χ1v) is 7.99. The summed E-state index contributed by atoms with van der Waals surface area (Å²) in [4.78, 5) is 2.48. The lowest BCUT2D eigenvalue weighted by molar-refractivity contribution is -0.305. The molecule has 116 valence electrons. The van der Waals surface area contributed by atoms with Crippen molar-refractivity contribution in [3.8, 4) is 0 Å². The summed E-state index contributed by atoms with van der Waals surface area (Å²) in [5.41, 5.74) is 0.895.